The molecule has 0 spiro atoms. The highest BCUT2D eigenvalue weighted by Crippen LogP contribution is 2.22. The lowest BCUT2D eigenvalue weighted by atomic mass is 10.1. The maximum absolute atomic E-state index is 12.6. The van der Waals surface area contributed by atoms with Crippen LogP contribution in [-0.2, 0) is 6.54 Å². The van der Waals surface area contributed by atoms with Gasteiger partial charge < -0.3 is 15.7 Å². The minimum Gasteiger partial charge on any atom is -0.506 e. The Morgan fingerprint density at radius 1 is 1.19 bits per heavy atom. The highest BCUT2D eigenvalue weighted by Gasteiger charge is 2.19. The number of anilines is 1. The molecule has 0 aliphatic heterocycles. The Kier molecular flexibility index (Phi) is 4.48. The zero-order valence-corrected chi connectivity index (χ0v) is 12.3. The van der Waals surface area contributed by atoms with Crippen molar-refractivity contribution in [2.75, 3.05) is 5.73 Å². The van der Waals surface area contributed by atoms with E-state index in [-0.39, 0.29) is 23.4 Å². The Balaban J connectivity index is 2.25. The molecule has 0 saturated heterocycles. The monoisotopic (exact) mass is 284 g/mol. The number of nitrogen functional groups attached to an aromatic ring is 1. The normalized spacial score (nSPS) is 10.6. The number of carbonyl (C=O) groups excluding carboxylic acids is 1. The van der Waals surface area contributed by atoms with E-state index in [9.17, 15) is 9.90 Å². The molecule has 21 heavy (non-hydrogen) atoms. The number of nitrogens with two attached hydrogens (primary N) is 1. The van der Waals surface area contributed by atoms with Gasteiger partial charge in [0.25, 0.3) is 5.91 Å². The Hall–Kier alpha value is -2.49. The Bertz CT molecular complexity index is 624. The molecule has 2 rings (SSSR count). The van der Waals surface area contributed by atoms with Crippen LogP contribution in [0.15, 0.2) is 48.5 Å². The maximum Gasteiger partial charge on any atom is 0.254 e. The quantitative estimate of drug-likeness (QED) is 0.670. The van der Waals surface area contributed by atoms with Gasteiger partial charge in [-0.1, -0.05) is 30.3 Å². The highest BCUT2D eigenvalue weighted by molar-refractivity contribution is 5.95. The fourth-order valence-corrected chi connectivity index (χ4v) is 2.11. The molecule has 0 bridgehead atoms. The SMILES string of the molecule is CC(C)N(Cc1ccccc1)C(=O)c1ccc(N)c(O)c1. The van der Waals surface area contributed by atoms with Crippen LogP contribution in [0.5, 0.6) is 5.75 Å². The predicted octanol–water partition coefficient (Wildman–Crippen LogP) is 3.03. The Morgan fingerprint density at radius 2 is 1.86 bits per heavy atom. The molecule has 0 saturated carbocycles. The van der Waals surface area contributed by atoms with Gasteiger partial charge in [-0.3, -0.25) is 4.79 Å². The van der Waals surface area contributed by atoms with Crippen molar-refractivity contribution in [3.63, 3.8) is 0 Å². The third kappa shape index (κ3) is 3.54. The topological polar surface area (TPSA) is 66.6 Å². The molecular formula is C17H20N2O2. The smallest absolute Gasteiger partial charge is 0.254 e. The van der Waals surface area contributed by atoms with Gasteiger partial charge in [-0.2, -0.15) is 0 Å². The number of rotatable bonds is 4. The van der Waals surface area contributed by atoms with Gasteiger partial charge in [0.05, 0.1) is 5.69 Å². The summed E-state index contributed by atoms with van der Waals surface area (Å²) in [5.74, 6) is -0.187. The van der Waals surface area contributed by atoms with Gasteiger partial charge in [0.2, 0.25) is 0 Å². The number of phenolic OH excluding ortho intramolecular Hbond substituents is 1. The summed E-state index contributed by atoms with van der Waals surface area (Å²) in [5, 5.41) is 9.66. The van der Waals surface area contributed by atoms with Crippen LogP contribution in [0.4, 0.5) is 5.69 Å². The van der Waals surface area contributed by atoms with Crippen molar-refractivity contribution in [1.82, 2.24) is 4.90 Å². The van der Waals surface area contributed by atoms with E-state index in [1.807, 2.05) is 44.2 Å². The van der Waals surface area contributed by atoms with E-state index in [1.54, 1.807) is 17.0 Å². The number of aromatic hydroxyl groups is 1. The van der Waals surface area contributed by atoms with Crippen LogP contribution in [0.1, 0.15) is 29.8 Å². The number of nitrogens with zero attached hydrogens (tertiary/aromatic N) is 1. The van der Waals surface area contributed by atoms with Crippen molar-refractivity contribution >= 4 is 11.6 Å². The number of hydrogen-bond donors (Lipinski definition) is 2. The fourth-order valence-electron chi connectivity index (χ4n) is 2.11. The van der Waals surface area contributed by atoms with Crippen LogP contribution in [0.2, 0.25) is 0 Å². The van der Waals surface area contributed by atoms with E-state index in [4.69, 9.17) is 5.73 Å². The van der Waals surface area contributed by atoms with E-state index in [1.165, 1.54) is 6.07 Å². The second kappa shape index (κ2) is 6.31. The summed E-state index contributed by atoms with van der Waals surface area (Å²) in [4.78, 5) is 14.4. The largest absolute Gasteiger partial charge is 0.506 e. The van der Waals surface area contributed by atoms with Crippen LogP contribution in [0.25, 0.3) is 0 Å². The molecule has 0 radical (unpaired) electrons. The molecule has 3 N–H and O–H groups in total. The molecular weight excluding hydrogens is 264 g/mol. The second-order valence-corrected chi connectivity index (χ2v) is 5.29. The summed E-state index contributed by atoms with van der Waals surface area (Å²) in [7, 11) is 0. The summed E-state index contributed by atoms with van der Waals surface area (Å²) in [5.41, 5.74) is 7.35. The van der Waals surface area contributed by atoms with Crippen LogP contribution in [-0.4, -0.2) is 22.0 Å². The lowest BCUT2D eigenvalue weighted by molar-refractivity contribution is 0.0690. The highest BCUT2D eigenvalue weighted by atomic mass is 16.3. The van der Waals surface area contributed by atoms with E-state index >= 15 is 0 Å². The number of carbonyl (C=O) groups is 1. The van der Waals surface area contributed by atoms with Crippen LogP contribution in [0.3, 0.4) is 0 Å². The maximum atomic E-state index is 12.6. The third-order valence-corrected chi connectivity index (χ3v) is 3.36. The molecule has 1 amide bonds. The van der Waals surface area contributed by atoms with Crippen molar-refractivity contribution < 1.29 is 9.90 Å². The Morgan fingerprint density at radius 3 is 2.43 bits per heavy atom. The fraction of sp³-hybridized carbons (Fsp3) is 0.235. The van der Waals surface area contributed by atoms with Crippen molar-refractivity contribution in [3.8, 4) is 5.75 Å². The lowest BCUT2D eigenvalue weighted by Gasteiger charge is -2.27. The molecule has 110 valence electrons. The summed E-state index contributed by atoms with van der Waals surface area (Å²) in [6.07, 6.45) is 0. The third-order valence-electron chi connectivity index (χ3n) is 3.36. The van der Waals surface area contributed by atoms with Crippen LogP contribution >= 0.6 is 0 Å². The molecule has 2 aromatic carbocycles. The molecule has 4 heteroatoms. The number of benzene rings is 2. The first-order valence-electron chi connectivity index (χ1n) is 6.92. The van der Waals surface area contributed by atoms with Gasteiger partial charge >= 0.3 is 0 Å². The minimum absolute atomic E-state index is 0.0532. The van der Waals surface area contributed by atoms with Gasteiger partial charge in [-0.15, -0.1) is 0 Å². The average molecular weight is 284 g/mol. The van der Waals surface area contributed by atoms with E-state index in [0.717, 1.165) is 5.56 Å². The molecule has 0 fully saturated rings. The van der Waals surface area contributed by atoms with Gasteiger partial charge in [0.15, 0.2) is 0 Å². The van der Waals surface area contributed by atoms with Crippen molar-refractivity contribution in [3.05, 3.63) is 59.7 Å². The van der Waals surface area contributed by atoms with Gasteiger partial charge in [0.1, 0.15) is 5.75 Å². The number of amides is 1. The van der Waals surface area contributed by atoms with E-state index in [0.29, 0.717) is 12.1 Å². The van der Waals surface area contributed by atoms with Crippen molar-refractivity contribution in [2.24, 2.45) is 0 Å². The van der Waals surface area contributed by atoms with Crippen molar-refractivity contribution in [2.45, 2.75) is 26.4 Å². The number of hydrogen-bond acceptors (Lipinski definition) is 3. The summed E-state index contributed by atoms with van der Waals surface area (Å²) in [6.45, 7) is 4.47. The average Bonchev–Trinajstić information content (AvgIpc) is 2.47. The molecule has 0 aromatic heterocycles. The standard InChI is InChI=1S/C17H20N2O2/c1-12(2)19(11-13-6-4-3-5-7-13)17(21)14-8-9-15(18)16(20)10-14/h3-10,12,20H,11,18H2,1-2H3. The summed E-state index contributed by atoms with van der Waals surface area (Å²) < 4.78 is 0. The molecule has 0 unspecified atom stereocenters. The van der Waals surface area contributed by atoms with Gasteiger partial charge in [-0.25, -0.2) is 0 Å². The summed E-state index contributed by atoms with van der Waals surface area (Å²) >= 11 is 0. The summed E-state index contributed by atoms with van der Waals surface area (Å²) in [6, 6.07) is 14.5. The van der Waals surface area contributed by atoms with Crippen LogP contribution < -0.4 is 5.73 Å². The van der Waals surface area contributed by atoms with Crippen LogP contribution in [0, 0.1) is 0 Å². The van der Waals surface area contributed by atoms with E-state index in [2.05, 4.69) is 0 Å². The first-order chi connectivity index (χ1) is 9.99. The predicted molar refractivity (Wildman–Crippen MR) is 84.0 cm³/mol. The molecule has 0 heterocycles. The first-order valence-corrected chi connectivity index (χ1v) is 6.92. The first kappa shape index (κ1) is 14.9. The minimum atomic E-state index is -0.121. The van der Waals surface area contributed by atoms with E-state index < -0.39 is 0 Å². The zero-order chi connectivity index (χ0) is 15.4. The lowest BCUT2D eigenvalue weighted by Crippen LogP contribution is -2.36. The van der Waals surface area contributed by atoms with Crippen molar-refractivity contribution in [1.29, 1.82) is 0 Å². The molecule has 4 nitrogen and oxygen atoms in total. The van der Waals surface area contributed by atoms with Gasteiger partial charge in [-0.05, 0) is 37.6 Å². The molecule has 0 aliphatic carbocycles. The second-order valence-electron chi connectivity index (χ2n) is 5.29. The molecule has 0 aliphatic rings. The number of phenols is 1. The molecule has 0 atom stereocenters. The zero-order valence-electron chi connectivity index (χ0n) is 12.3. The molecule has 2 aromatic rings. The Labute approximate surface area is 124 Å². The van der Waals surface area contributed by atoms with Gasteiger partial charge in [0, 0.05) is 18.2 Å².